The Hall–Kier alpha value is -2.15. The van der Waals surface area contributed by atoms with Gasteiger partial charge in [-0.15, -0.1) is 0 Å². The first-order valence-corrected chi connectivity index (χ1v) is 7.06. The van der Waals surface area contributed by atoms with Crippen molar-refractivity contribution in [3.05, 3.63) is 23.9 Å². The number of aromatic nitrogens is 1. The second-order valence-electron chi connectivity index (χ2n) is 4.66. The highest BCUT2D eigenvalue weighted by Gasteiger charge is 2.14. The molecule has 1 aliphatic rings. The van der Waals surface area contributed by atoms with Crippen LogP contribution in [0.3, 0.4) is 0 Å². The number of rotatable bonds is 7. The molecule has 21 heavy (non-hydrogen) atoms. The Morgan fingerprint density at radius 3 is 2.90 bits per heavy atom. The number of carbonyl (C=O) groups is 2. The third-order valence-corrected chi connectivity index (χ3v) is 3.17. The number of nitrogens with one attached hydrogen (secondary N) is 2. The molecule has 7 heteroatoms. The second kappa shape index (κ2) is 8.21. The minimum absolute atomic E-state index is 0.198. The van der Waals surface area contributed by atoms with Crippen molar-refractivity contribution in [2.24, 2.45) is 0 Å². The molecule has 1 saturated heterocycles. The zero-order valence-electron chi connectivity index (χ0n) is 11.9. The molecule has 0 saturated carbocycles. The number of pyridine rings is 1. The number of nitrogens with zero attached hydrogens (tertiary/aromatic N) is 2. The standard InChI is InChI=1S/C14H20N4O3/c19-11-15-5-2-6-16-14(20)12-3-1-4-13(17-12)18-7-9-21-10-8-18/h1,3-4,11H,2,5-10H2,(H,15,19)(H,16,20). The molecule has 2 rings (SSSR count). The zero-order chi connectivity index (χ0) is 14.9. The van der Waals surface area contributed by atoms with Crippen molar-refractivity contribution in [3.8, 4) is 0 Å². The van der Waals surface area contributed by atoms with Gasteiger partial charge < -0.3 is 20.3 Å². The third-order valence-electron chi connectivity index (χ3n) is 3.17. The molecule has 1 fully saturated rings. The van der Waals surface area contributed by atoms with Gasteiger partial charge in [0.25, 0.3) is 5.91 Å². The number of hydrogen-bond donors (Lipinski definition) is 2. The van der Waals surface area contributed by atoms with E-state index in [0.29, 0.717) is 44.8 Å². The van der Waals surface area contributed by atoms with Crippen molar-refractivity contribution in [2.45, 2.75) is 6.42 Å². The second-order valence-corrected chi connectivity index (χ2v) is 4.66. The van der Waals surface area contributed by atoms with Gasteiger partial charge in [-0.3, -0.25) is 9.59 Å². The van der Waals surface area contributed by atoms with E-state index in [9.17, 15) is 9.59 Å². The minimum Gasteiger partial charge on any atom is -0.378 e. The summed E-state index contributed by atoms with van der Waals surface area (Å²) in [5, 5.41) is 5.34. The fraction of sp³-hybridized carbons (Fsp3) is 0.500. The van der Waals surface area contributed by atoms with Gasteiger partial charge in [-0.2, -0.15) is 0 Å². The highest BCUT2D eigenvalue weighted by atomic mass is 16.5. The summed E-state index contributed by atoms with van der Waals surface area (Å²) in [4.78, 5) is 28.6. The lowest BCUT2D eigenvalue weighted by Gasteiger charge is -2.27. The van der Waals surface area contributed by atoms with Gasteiger partial charge in [-0.1, -0.05) is 6.07 Å². The van der Waals surface area contributed by atoms with Gasteiger partial charge in [0.05, 0.1) is 13.2 Å². The van der Waals surface area contributed by atoms with Crippen LogP contribution in [-0.4, -0.2) is 56.7 Å². The van der Waals surface area contributed by atoms with Gasteiger partial charge in [-0.25, -0.2) is 4.98 Å². The van der Waals surface area contributed by atoms with Crippen LogP contribution in [0.1, 0.15) is 16.9 Å². The van der Waals surface area contributed by atoms with E-state index in [1.54, 1.807) is 6.07 Å². The number of carbonyl (C=O) groups excluding carboxylic acids is 2. The smallest absolute Gasteiger partial charge is 0.269 e. The molecular weight excluding hydrogens is 272 g/mol. The van der Waals surface area contributed by atoms with Crippen LogP contribution in [0.5, 0.6) is 0 Å². The summed E-state index contributed by atoms with van der Waals surface area (Å²) in [6.07, 6.45) is 1.34. The van der Waals surface area contributed by atoms with Crippen molar-refractivity contribution >= 4 is 18.1 Å². The number of amides is 2. The highest BCUT2D eigenvalue weighted by Crippen LogP contribution is 2.13. The average molecular weight is 292 g/mol. The highest BCUT2D eigenvalue weighted by molar-refractivity contribution is 5.92. The van der Waals surface area contributed by atoms with Crippen LogP contribution in [0.15, 0.2) is 18.2 Å². The van der Waals surface area contributed by atoms with Gasteiger partial charge >= 0.3 is 0 Å². The lowest BCUT2D eigenvalue weighted by Crippen LogP contribution is -2.37. The maximum atomic E-state index is 12.0. The minimum atomic E-state index is -0.198. The molecule has 2 N–H and O–H groups in total. The fourth-order valence-electron chi connectivity index (χ4n) is 2.06. The van der Waals surface area contributed by atoms with Gasteiger partial charge in [0.15, 0.2) is 0 Å². The van der Waals surface area contributed by atoms with Crippen molar-refractivity contribution in [3.63, 3.8) is 0 Å². The summed E-state index contributed by atoms with van der Waals surface area (Å²) in [7, 11) is 0. The van der Waals surface area contributed by atoms with E-state index < -0.39 is 0 Å². The van der Waals surface area contributed by atoms with Crippen molar-refractivity contribution in [2.75, 3.05) is 44.3 Å². The molecule has 2 heterocycles. The Labute approximate surface area is 123 Å². The molecule has 0 unspecified atom stereocenters. The van der Waals surface area contributed by atoms with Crippen molar-refractivity contribution in [1.29, 1.82) is 0 Å². The number of ether oxygens (including phenoxy) is 1. The molecule has 0 bridgehead atoms. The summed E-state index contributed by atoms with van der Waals surface area (Å²) >= 11 is 0. The van der Waals surface area contributed by atoms with E-state index >= 15 is 0 Å². The van der Waals surface area contributed by atoms with E-state index in [1.165, 1.54) is 0 Å². The van der Waals surface area contributed by atoms with Crippen molar-refractivity contribution in [1.82, 2.24) is 15.6 Å². The maximum Gasteiger partial charge on any atom is 0.269 e. The monoisotopic (exact) mass is 292 g/mol. The summed E-state index contributed by atoms with van der Waals surface area (Å²) < 4.78 is 5.30. The normalized spacial score (nSPS) is 14.6. The van der Waals surface area contributed by atoms with E-state index in [4.69, 9.17) is 4.74 Å². The van der Waals surface area contributed by atoms with E-state index in [1.807, 2.05) is 12.1 Å². The molecular formula is C14H20N4O3. The topological polar surface area (TPSA) is 83.6 Å². The lowest BCUT2D eigenvalue weighted by molar-refractivity contribution is -0.109. The number of anilines is 1. The zero-order valence-corrected chi connectivity index (χ0v) is 11.9. The van der Waals surface area contributed by atoms with Crippen LogP contribution < -0.4 is 15.5 Å². The van der Waals surface area contributed by atoms with Gasteiger partial charge in [-0.05, 0) is 18.6 Å². The molecule has 1 aliphatic heterocycles. The van der Waals surface area contributed by atoms with Crippen LogP contribution in [0.25, 0.3) is 0 Å². The van der Waals surface area contributed by atoms with Gasteiger partial charge in [0.2, 0.25) is 6.41 Å². The number of hydrogen-bond acceptors (Lipinski definition) is 5. The fourth-order valence-corrected chi connectivity index (χ4v) is 2.06. The van der Waals surface area contributed by atoms with Gasteiger partial charge in [0.1, 0.15) is 11.5 Å². The molecule has 0 atom stereocenters. The summed E-state index contributed by atoms with van der Waals surface area (Å²) in [5.41, 5.74) is 0.405. The van der Waals surface area contributed by atoms with E-state index in [2.05, 4.69) is 20.5 Å². The van der Waals surface area contributed by atoms with Crippen LogP contribution in [0.2, 0.25) is 0 Å². The predicted octanol–water partition coefficient (Wildman–Crippen LogP) is -0.216. The summed E-state index contributed by atoms with van der Waals surface area (Å²) in [6.45, 7) is 3.99. The Morgan fingerprint density at radius 2 is 2.14 bits per heavy atom. The van der Waals surface area contributed by atoms with Crippen LogP contribution in [-0.2, 0) is 9.53 Å². The molecule has 1 aromatic rings. The first-order valence-electron chi connectivity index (χ1n) is 7.06. The van der Waals surface area contributed by atoms with Crippen LogP contribution in [0, 0.1) is 0 Å². The summed E-state index contributed by atoms with van der Waals surface area (Å²) in [6, 6.07) is 5.43. The third kappa shape index (κ3) is 4.71. The Kier molecular flexibility index (Phi) is 5.96. The van der Waals surface area contributed by atoms with Crippen LogP contribution >= 0.6 is 0 Å². The molecule has 0 aromatic carbocycles. The Bertz CT molecular complexity index is 475. The SMILES string of the molecule is O=CNCCCNC(=O)c1cccc(N2CCOCC2)n1. The predicted molar refractivity (Wildman–Crippen MR) is 78.3 cm³/mol. The molecule has 0 aliphatic carbocycles. The lowest BCUT2D eigenvalue weighted by atomic mass is 10.3. The van der Waals surface area contributed by atoms with Crippen molar-refractivity contribution < 1.29 is 14.3 Å². The molecule has 114 valence electrons. The Balaban J connectivity index is 1.87. The van der Waals surface area contributed by atoms with E-state index in [-0.39, 0.29) is 5.91 Å². The molecule has 2 amide bonds. The summed E-state index contributed by atoms with van der Waals surface area (Å²) in [5.74, 6) is 0.602. The molecule has 1 aromatic heterocycles. The molecule has 0 spiro atoms. The molecule has 7 nitrogen and oxygen atoms in total. The Morgan fingerprint density at radius 1 is 1.33 bits per heavy atom. The molecule has 0 radical (unpaired) electrons. The number of morpholine rings is 1. The average Bonchev–Trinajstić information content (AvgIpc) is 2.55. The first kappa shape index (κ1) is 15.2. The first-order chi connectivity index (χ1) is 10.3. The quantitative estimate of drug-likeness (QED) is 0.536. The largest absolute Gasteiger partial charge is 0.378 e. The maximum absolute atomic E-state index is 12.0. The van der Waals surface area contributed by atoms with Gasteiger partial charge in [0, 0.05) is 26.2 Å². The van der Waals surface area contributed by atoms with Crippen LogP contribution in [0.4, 0.5) is 5.82 Å². The van der Waals surface area contributed by atoms with E-state index in [0.717, 1.165) is 18.9 Å².